The van der Waals surface area contributed by atoms with Gasteiger partial charge in [-0.05, 0) is 6.42 Å². The molecule has 0 aliphatic rings. The molecule has 0 aromatic carbocycles. The van der Waals surface area contributed by atoms with Crippen molar-refractivity contribution in [2.24, 2.45) is 5.73 Å². The lowest BCUT2D eigenvalue weighted by molar-refractivity contribution is 0.275. The number of hydrogen-bond acceptors (Lipinski definition) is 4. The average molecular weight is 200 g/mol. The van der Waals surface area contributed by atoms with Crippen LogP contribution in [0.1, 0.15) is 42.9 Å². The molecule has 4 heteroatoms. The summed E-state index contributed by atoms with van der Waals surface area (Å²) in [6.45, 7) is 4.34. The van der Waals surface area contributed by atoms with Gasteiger partial charge in [0.1, 0.15) is 0 Å². The maximum atomic E-state index is 8.71. The Labute approximate surface area is 82.6 Å². The molecule has 74 valence electrons. The van der Waals surface area contributed by atoms with Crippen molar-refractivity contribution in [1.29, 1.82) is 0 Å². The lowest BCUT2D eigenvalue weighted by Crippen LogP contribution is -2.12. The molecule has 1 aromatic heterocycles. The molecule has 0 aliphatic carbocycles. The zero-order chi connectivity index (χ0) is 9.84. The van der Waals surface area contributed by atoms with E-state index in [1.807, 2.05) is 5.38 Å². The normalized spacial score (nSPS) is 13.6. The van der Waals surface area contributed by atoms with E-state index in [9.17, 15) is 0 Å². The second kappa shape index (κ2) is 4.69. The van der Waals surface area contributed by atoms with Crippen LogP contribution in [0, 0.1) is 0 Å². The van der Waals surface area contributed by atoms with E-state index in [2.05, 4.69) is 18.8 Å². The predicted molar refractivity (Wildman–Crippen MR) is 54.8 cm³/mol. The number of nitrogens with two attached hydrogens (primary N) is 1. The molecular weight excluding hydrogens is 184 g/mol. The van der Waals surface area contributed by atoms with Gasteiger partial charge in [-0.25, -0.2) is 4.98 Å². The molecule has 0 saturated heterocycles. The highest BCUT2D eigenvalue weighted by molar-refractivity contribution is 7.09. The lowest BCUT2D eigenvalue weighted by Gasteiger charge is -2.05. The molecule has 13 heavy (non-hydrogen) atoms. The van der Waals surface area contributed by atoms with Crippen LogP contribution in [0.3, 0.4) is 0 Å². The maximum Gasteiger partial charge on any atom is 0.0954 e. The molecule has 0 aliphatic heterocycles. The molecule has 0 bridgehead atoms. The fourth-order valence-corrected chi connectivity index (χ4v) is 1.92. The summed E-state index contributed by atoms with van der Waals surface area (Å²) in [6, 6.07) is -0.117. The summed E-state index contributed by atoms with van der Waals surface area (Å²) >= 11 is 1.64. The van der Waals surface area contributed by atoms with Crippen LogP contribution < -0.4 is 5.73 Å². The van der Waals surface area contributed by atoms with Crippen molar-refractivity contribution in [2.45, 2.75) is 32.2 Å². The Balaban J connectivity index is 2.67. The molecule has 1 rings (SSSR count). The zero-order valence-corrected chi connectivity index (χ0v) is 8.84. The Morgan fingerprint density at radius 3 is 2.77 bits per heavy atom. The second-order valence-electron chi connectivity index (χ2n) is 3.38. The second-order valence-corrected chi connectivity index (χ2v) is 4.27. The van der Waals surface area contributed by atoms with Crippen LogP contribution in [-0.2, 0) is 0 Å². The van der Waals surface area contributed by atoms with Gasteiger partial charge in [0.25, 0.3) is 0 Å². The summed E-state index contributed by atoms with van der Waals surface area (Å²) in [5.41, 5.74) is 6.71. The summed E-state index contributed by atoms with van der Waals surface area (Å²) in [5, 5.41) is 11.8. The van der Waals surface area contributed by atoms with Gasteiger partial charge >= 0.3 is 0 Å². The molecule has 1 aromatic rings. The van der Waals surface area contributed by atoms with Gasteiger partial charge in [0.05, 0.1) is 16.7 Å². The molecule has 0 spiro atoms. The van der Waals surface area contributed by atoms with E-state index < -0.39 is 0 Å². The van der Waals surface area contributed by atoms with Crippen molar-refractivity contribution in [3.05, 3.63) is 16.1 Å². The van der Waals surface area contributed by atoms with Crippen molar-refractivity contribution in [2.75, 3.05) is 6.61 Å². The third-order valence-corrected chi connectivity index (χ3v) is 3.02. The molecule has 0 fully saturated rings. The summed E-state index contributed by atoms with van der Waals surface area (Å²) in [6.07, 6.45) is 0.585. The Kier molecular flexibility index (Phi) is 3.84. The lowest BCUT2D eigenvalue weighted by atomic mass is 10.2. The molecule has 1 unspecified atom stereocenters. The third-order valence-electron chi connectivity index (χ3n) is 1.85. The van der Waals surface area contributed by atoms with Gasteiger partial charge in [-0.3, -0.25) is 0 Å². The summed E-state index contributed by atoms with van der Waals surface area (Å²) in [4.78, 5) is 4.41. The molecule has 3 N–H and O–H groups in total. The van der Waals surface area contributed by atoms with Crippen LogP contribution in [0.5, 0.6) is 0 Å². The van der Waals surface area contributed by atoms with Gasteiger partial charge in [0, 0.05) is 17.9 Å². The maximum absolute atomic E-state index is 8.71. The van der Waals surface area contributed by atoms with Crippen LogP contribution in [0.15, 0.2) is 5.38 Å². The minimum atomic E-state index is -0.117. The van der Waals surface area contributed by atoms with Crippen LogP contribution >= 0.6 is 11.3 Å². The Morgan fingerprint density at radius 2 is 2.31 bits per heavy atom. The Morgan fingerprint density at radius 1 is 1.62 bits per heavy atom. The first kappa shape index (κ1) is 10.6. The van der Waals surface area contributed by atoms with Crippen molar-refractivity contribution < 1.29 is 5.11 Å². The van der Waals surface area contributed by atoms with Crippen molar-refractivity contribution >= 4 is 11.3 Å². The highest BCUT2D eigenvalue weighted by atomic mass is 32.1. The molecular formula is C9H16N2OS. The summed E-state index contributed by atoms with van der Waals surface area (Å²) < 4.78 is 0. The molecule has 0 saturated carbocycles. The molecule has 1 heterocycles. The number of aliphatic hydroxyl groups excluding tert-OH is 1. The number of thiazole rings is 1. The van der Waals surface area contributed by atoms with Crippen molar-refractivity contribution in [3.8, 4) is 0 Å². The molecule has 1 atom stereocenters. The monoisotopic (exact) mass is 200 g/mol. The number of hydrogen-bond donors (Lipinski definition) is 2. The van der Waals surface area contributed by atoms with E-state index in [0.717, 1.165) is 10.7 Å². The van der Waals surface area contributed by atoms with E-state index in [1.165, 1.54) is 0 Å². The third kappa shape index (κ3) is 2.76. The fraction of sp³-hybridized carbons (Fsp3) is 0.667. The first-order valence-electron chi connectivity index (χ1n) is 4.47. The first-order valence-corrected chi connectivity index (χ1v) is 5.35. The predicted octanol–water partition coefficient (Wildman–Crippen LogP) is 1.65. The molecule has 3 nitrogen and oxygen atoms in total. The smallest absolute Gasteiger partial charge is 0.0954 e. The Hall–Kier alpha value is -0.450. The number of rotatable bonds is 4. The van der Waals surface area contributed by atoms with Gasteiger partial charge in [-0.1, -0.05) is 13.8 Å². The first-order chi connectivity index (χ1) is 6.15. The van der Waals surface area contributed by atoms with Crippen LogP contribution in [0.2, 0.25) is 0 Å². The average Bonchev–Trinajstić information content (AvgIpc) is 2.52. The fourth-order valence-electron chi connectivity index (χ4n) is 1.02. The number of nitrogens with zero attached hydrogens (tertiary/aromatic N) is 1. The van der Waals surface area contributed by atoms with Gasteiger partial charge in [-0.2, -0.15) is 0 Å². The van der Waals surface area contributed by atoms with Gasteiger partial charge in [0.15, 0.2) is 0 Å². The van der Waals surface area contributed by atoms with E-state index in [4.69, 9.17) is 10.8 Å². The summed E-state index contributed by atoms with van der Waals surface area (Å²) in [5.74, 6) is 0.458. The number of aromatic nitrogens is 1. The van der Waals surface area contributed by atoms with Gasteiger partial charge in [-0.15, -0.1) is 11.3 Å². The standard InChI is InChI=1S/C9H16N2OS/c1-6(2)9-11-8(5-13-9)7(10)3-4-12/h5-7,12H,3-4,10H2,1-2H3. The minimum Gasteiger partial charge on any atom is -0.396 e. The minimum absolute atomic E-state index is 0.117. The zero-order valence-electron chi connectivity index (χ0n) is 8.03. The molecule has 0 radical (unpaired) electrons. The highest BCUT2D eigenvalue weighted by Gasteiger charge is 2.11. The quantitative estimate of drug-likeness (QED) is 0.777. The largest absolute Gasteiger partial charge is 0.396 e. The topological polar surface area (TPSA) is 59.1 Å². The molecule has 0 amide bonds. The van der Waals surface area contributed by atoms with Crippen LogP contribution in [0.4, 0.5) is 0 Å². The van der Waals surface area contributed by atoms with Crippen molar-refractivity contribution in [3.63, 3.8) is 0 Å². The van der Waals surface area contributed by atoms with E-state index >= 15 is 0 Å². The summed E-state index contributed by atoms with van der Waals surface area (Å²) in [7, 11) is 0. The number of aliphatic hydroxyl groups is 1. The van der Waals surface area contributed by atoms with Gasteiger partial charge < -0.3 is 10.8 Å². The van der Waals surface area contributed by atoms with Crippen molar-refractivity contribution in [1.82, 2.24) is 4.98 Å². The Bertz CT molecular complexity index is 260. The van der Waals surface area contributed by atoms with Crippen LogP contribution in [-0.4, -0.2) is 16.7 Å². The van der Waals surface area contributed by atoms with E-state index in [1.54, 1.807) is 11.3 Å². The van der Waals surface area contributed by atoms with Crippen LogP contribution in [0.25, 0.3) is 0 Å². The SMILES string of the molecule is CC(C)c1nc(C(N)CCO)cs1. The van der Waals surface area contributed by atoms with E-state index in [0.29, 0.717) is 12.3 Å². The van der Waals surface area contributed by atoms with E-state index in [-0.39, 0.29) is 12.6 Å². The highest BCUT2D eigenvalue weighted by Crippen LogP contribution is 2.22. The van der Waals surface area contributed by atoms with Gasteiger partial charge in [0.2, 0.25) is 0 Å².